The molecule has 176 valence electrons. The van der Waals surface area contributed by atoms with E-state index in [9.17, 15) is 31.9 Å². The Morgan fingerprint density at radius 3 is 2.48 bits per heavy atom. The van der Waals surface area contributed by atoms with Crippen molar-refractivity contribution in [2.24, 2.45) is 5.92 Å². The lowest BCUT2D eigenvalue weighted by molar-refractivity contribution is -0.158. The van der Waals surface area contributed by atoms with Crippen molar-refractivity contribution in [3.63, 3.8) is 0 Å². The highest BCUT2D eigenvalue weighted by Crippen LogP contribution is 2.30. The van der Waals surface area contributed by atoms with E-state index in [-0.39, 0.29) is 18.1 Å². The summed E-state index contributed by atoms with van der Waals surface area (Å²) in [5.41, 5.74) is -0.705. The molecule has 2 aromatic carbocycles. The van der Waals surface area contributed by atoms with Gasteiger partial charge < -0.3 is 15.0 Å². The van der Waals surface area contributed by atoms with E-state index in [0.717, 1.165) is 18.2 Å². The van der Waals surface area contributed by atoms with Gasteiger partial charge in [-0.25, -0.2) is 4.39 Å². The Bertz CT molecular complexity index is 1020. The first-order valence-electron chi connectivity index (χ1n) is 10.3. The lowest BCUT2D eigenvalue weighted by Gasteiger charge is -2.32. The van der Waals surface area contributed by atoms with Gasteiger partial charge in [0.1, 0.15) is 5.82 Å². The Labute approximate surface area is 187 Å². The molecule has 33 heavy (non-hydrogen) atoms. The highest BCUT2D eigenvalue weighted by molar-refractivity contribution is 5.96. The Morgan fingerprint density at radius 1 is 1.12 bits per heavy atom. The van der Waals surface area contributed by atoms with Crippen molar-refractivity contribution in [3.8, 4) is 0 Å². The number of alkyl halides is 3. The third kappa shape index (κ3) is 6.30. The van der Waals surface area contributed by atoms with Gasteiger partial charge in [0.15, 0.2) is 6.10 Å². The molecule has 0 radical (unpaired) electrons. The van der Waals surface area contributed by atoms with Crippen molar-refractivity contribution in [3.05, 3.63) is 65.5 Å². The van der Waals surface area contributed by atoms with Crippen molar-refractivity contribution >= 4 is 23.5 Å². The van der Waals surface area contributed by atoms with Gasteiger partial charge in [-0.05, 0) is 62.2 Å². The van der Waals surface area contributed by atoms with Crippen LogP contribution in [0.5, 0.6) is 0 Å². The SMILES string of the molecule is CC(OC(=O)C1CCCN(C(=O)c2ccc(F)cc2)C1)C(=O)Nc1cccc(C(F)(F)F)c1. The minimum Gasteiger partial charge on any atom is -0.452 e. The fourth-order valence-electron chi connectivity index (χ4n) is 3.47. The summed E-state index contributed by atoms with van der Waals surface area (Å²) in [5, 5.41) is 2.30. The lowest BCUT2D eigenvalue weighted by Crippen LogP contribution is -2.44. The van der Waals surface area contributed by atoms with Gasteiger partial charge in [0.25, 0.3) is 11.8 Å². The maximum atomic E-state index is 13.1. The van der Waals surface area contributed by atoms with Gasteiger partial charge in [-0.1, -0.05) is 6.07 Å². The highest BCUT2D eigenvalue weighted by atomic mass is 19.4. The predicted octanol–water partition coefficient (Wildman–Crippen LogP) is 4.27. The number of rotatable bonds is 5. The van der Waals surface area contributed by atoms with Crippen LogP contribution in [0.25, 0.3) is 0 Å². The number of amides is 2. The molecule has 0 aromatic heterocycles. The largest absolute Gasteiger partial charge is 0.452 e. The smallest absolute Gasteiger partial charge is 0.416 e. The summed E-state index contributed by atoms with van der Waals surface area (Å²) in [6.45, 7) is 1.81. The fourth-order valence-corrected chi connectivity index (χ4v) is 3.47. The van der Waals surface area contributed by atoms with E-state index in [2.05, 4.69) is 5.32 Å². The first-order valence-corrected chi connectivity index (χ1v) is 10.3. The van der Waals surface area contributed by atoms with Gasteiger partial charge in [0.2, 0.25) is 0 Å². The number of nitrogens with one attached hydrogen (secondary N) is 1. The van der Waals surface area contributed by atoms with Crippen LogP contribution in [-0.4, -0.2) is 41.9 Å². The monoisotopic (exact) mass is 466 g/mol. The number of hydrogen-bond donors (Lipinski definition) is 1. The van der Waals surface area contributed by atoms with Crippen molar-refractivity contribution < 1.29 is 36.7 Å². The quantitative estimate of drug-likeness (QED) is 0.528. The van der Waals surface area contributed by atoms with Crippen LogP contribution in [0.2, 0.25) is 0 Å². The van der Waals surface area contributed by atoms with Crippen LogP contribution in [0, 0.1) is 11.7 Å². The molecule has 3 rings (SSSR count). The Hall–Kier alpha value is -3.43. The zero-order chi connectivity index (χ0) is 24.2. The molecule has 1 heterocycles. The topological polar surface area (TPSA) is 75.7 Å². The van der Waals surface area contributed by atoms with Crippen LogP contribution in [0.1, 0.15) is 35.7 Å². The molecule has 1 fully saturated rings. The van der Waals surface area contributed by atoms with Crippen LogP contribution in [-0.2, 0) is 20.5 Å². The maximum absolute atomic E-state index is 13.1. The zero-order valence-corrected chi connectivity index (χ0v) is 17.7. The molecule has 1 aliphatic rings. The van der Waals surface area contributed by atoms with Crippen LogP contribution in [0.15, 0.2) is 48.5 Å². The number of nitrogens with zero attached hydrogens (tertiary/aromatic N) is 1. The molecule has 2 amide bonds. The fraction of sp³-hybridized carbons (Fsp3) is 0.348. The van der Waals surface area contributed by atoms with Crippen molar-refractivity contribution in [1.29, 1.82) is 0 Å². The van der Waals surface area contributed by atoms with Crippen molar-refractivity contribution in [2.75, 3.05) is 18.4 Å². The number of benzene rings is 2. The summed E-state index contributed by atoms with van der Waals surface area (Å²) in [7, 11) is 0. The molecule has 2 aromatic rings. The highest BCUT2D eigenvalue weighted by Gasteiger charge is 2.33. The molecule has 2 atom stereocenters. The summed E-state index contributed by atoms with van der Waals surface area (Å²) < 4.78 is 56.8. The van der Waals surface area contributed by atoms with E-state index < -0.39 is 41.5 Å². The Kier molecular flexibility index (Phi) is 7.35. The molecule has 0 aliphatic carbocycles. The number of carbonyl (C=O) groups is 3. The van der Waals surface area contributed by atoms with E-state index in [1.165, 1.54) is 42.2 Å². The molecule has 10 heteroatoms. The number of anilines is 1. The predicted molar refractivity (Wildman–Crippen MR) is 111 cm³/mol. The maximum Gasteiger partial charge on any atom is 0.416 e. The summed E-state index contributed by atoms with van der Waals surface area (Å²) in [6.07, 6.45) is -4.82. The molecular weight excluding hydrogens is 444 g/mol. The summed E-state index contributed by atoms with van der Waals surface area (Å²) in [4.78, 5) is 39.0. The average molecular weight is 466 g/mol. The standard InChI is InChI=1S/C23H22F4N2O4/c1-14(20(30)28-19-6-2-5-17(12-19)23(25,26)27)33-22(32)16-4-3-11-29(13-16)21(31)15-7-9-18(24)10-8-15/h2,5-10,12,14,16H,3-4,11,13H2,1H3,(H,28,30). The van der Waals surface area contributed by atoms with E-state index in [4.69, 9.17) is 4.74 Å². The number of esters is 1. The van der Waals surface area contributed by atoms with E-state index in [1.54, 1.807) is 0 Å². The van der Waals surface area contributed by atoms with Gasteiger partial charge >= 0.3 is 12.1 Å². The minimum absolute atomic E-state index is 0.0774. The number of ether oxygens (including phenoxy) is 1. The van der Waals surface area contributed by atoms with Crippen molar-refractivity contribution in [1.82, 2.24) is 4.90 Å². The van der Waals surface area contributed by atoms with Crippen LogP contribution in [0.4, 0.5) is 23.2 Å². The molecule has 1 aliphatic heterocycles. The van der Waals surface area contributed by atoms with E-state index in [0.29, 0.717) is 24.9 Å². The number of piperidine rings is 1. The average Bonchev–Trinajstić information content (AvgIpc) is 2.78. The Morgan fingerprint density at radius 2 is 1.82 bits per heavy atom. The van der Waals surface area contributed by atoms with Gasteiger partial charge in [0.05, 0.1) is 11.5 Å². The van der Waals surface area contributed by atoms with Gasteiger partial charge in [0, 0.05) is 24.3 Å². The zero-order valence-electron chi connectivity index (χ0n) is 17.7. The number of halogens is 4. The molecule has 0 spiro atoms. The van der Waals surface area contributed by atoms with E-state index >= 15 is 0 Å². The molecule has 2 unspecified atom stereocenters. The molecule has 1 saturated heterocycles. The van der Waals surface area contributed by atoms with Crippen LogP contribution >= 0.6 is 0 Å². The Balaban J connectivity index is 1.57. The first kappa shape index (κ1) is 24.2. The second-order valence-corrected chi connectivity index (χ2v) is 7.74. The molecule has 0 bridgehead atoms. The normalized spacial score (nSPS) is 17.2. The number of likely N-dealkylation sites (tertiary alicyclic amines) is 1. The molecule has 1 N–H and O–H groups in total. The molecular formula is C23H22F4N2O4. The van der Waals surface area contributed by atoms with Gasteiger partial charge in [-0.15, -0.1) is 0 Å². The van der Waals surface area contributed by atoms with Crippen molar-refractivity contribution in [2.45, 2.75) is 32.0 Å². The van der Waals surface area contributed by atoms with Gasteiger partial charge in [-0.3, -0.25) is 14.4 Å². The minimum atomic E-state index is -4.56. The first-order chi connectivity index (χ1) is 15.5. The summed E-state index contributed by atoms with van der Waals surface area (Å²) >= 11 is 0. The van der Waals surface area contributed by atoms with Crippen LogP contribution in [0.3, 0.4) is 0 Å². The van der Waals surface area contributed by atoms with Crippen LogP contribution < -0.4 is 5.32 Å². The summed E-state index contributed by atoms with van der Waals surface area (Å²) in [5.74, 6) is -2.94. The third-order valence-corrected chi connectivity index (χ3v) is 5.25. The molecule has 0 saturated carbocycles. The second-order valence-electron chi connectivity index (χ2n) is 7.74. The second kappa shape index (κ2) is 10.0. The lowest BCUT2D eigenvalue weighted by atomic mass is 9.97. The van der Waals surface area contributed by atoms with E-state index in [1.807, 2.05) is 0 Å². The molecule has 6 nitrogen and oxygen atoms in total. The number of carbonyl (C=O) groups excluding carboxylic acids is 3. The summed E-state index contributed by atoms with van der Waals surface area (Å²) in [6, 6.07) is 9.18. The number of hydrogen-bond acceptors (Lipinski definition) is 4. The van der Waals surface area contributed by atoms with Gasteiger partial charge in [-0.2, -0.15) is 13.2 Å². The third-order valence-electron chi connectivity index (χ3n) is 5.25.